The summed E-state index contributed by atoms with van der Waals surface area (Å²) in [6, 6.07) is 3.68. The van der Waals surface area contributed by atoms with Crippen LogP contribution in [0, 0.1) is 20.8 Å². The quantitative estimate of drug-likeness (QED) is 0.604. The van der Waals surface area contributed by atoms with E-state index < -0.39 is 5.97 Å². The molecule has 2 aromatic rings. The smallest absolute Gasteiger partial charge is 0.306 e. The van der Waals surface area contributed by atoms with Gasteiger partial charge >= 0.3 is 5.97 Å². The third kappa shape index (κ3) is 4.26. The highest BCUT2D eigenvalue weighted by Gasteiger charge is 2.13. The van der Waals surface area contributed by atoms with Crippen molar-refractivity contribution in [1.82, 2.24) is 4.98 Å². The van der Waals surface area contributed by atoms with Crippen LogP contribution in [0.2, 0.25) is 0 Å². The van der Waals surface area contributed by atoms with E-state index in [-0.39, 0.29) is 25.2 Å². The maximum atomic E-state index is 11.9. The van der Waals surface area contributed by atoms with Gasteiger partial charge in [-0.1, -0.05) is 0 Å². The molecule has 0 bridgehead atoms. The van der Waals surface area contributed by atoms with E-state index in [4.69, 9.17) is 9.15 Å². The first-order valence-corrected chi connectivity index (χ1v) is 7.45. The standard InChI is InChI=1S/C15H17NO4S/c1-9-4-6-13(21-9)12(17)5-7-15(18)19-8-14-16-10(2)11(3)20-14/h4,6H,5,7-8H2,1-3H3. The van der Waals surface area contributed by atoms with E-state index in [0.717, 1.165) is 10.6 Å². The van der Waals surface area contributed by atoms with Gasteiger partial charge in [-0.05, 0) is 32.9 Å². The molecular weight excluding hydrogens is 290 g/mol. The Balaban J connectivity index is 1.76. The van der Waals surface area contributed by atoms with E-state index in [0.29, 0.717) is 16.5 Å². The molecule has 112 valence electrons. The van der Waals surface area contributed by atoms with E-state index >= 15 is 0 Å². The van der Waals surface area contributed by atoms with E-state index in [9.17, 15) is 9.59 Å². The van der Waals surface area contributed by atoms with Crippen molar-refractivity contribution in [3.63, 3.8) is 0 Å². The summed E-state index contributed by atoms with van der Waals surface area (Å²) in [4.78, 5) is 29.3. The molecule has 2 aromatic heterocycles. The van der Waals surface area contributed by atoms with Crippen LogP contribution in [0.3, 0.4) is 0 Å². The predicted octanol–water partition coefficient (Wildman–Crippen LogP) is 3.37. The minimum Gasteiger partial charge on any atom is -0.456 e. The largest absolute Gasteiger partial charge is 0.456 e. The Labute approximate surface area is 126 Å². The summed E-state index contributed by atoms with van der Waals surface area (Å²) in [5.74, 6) is 0.626. The summed E-state index contributed by atoms with van der Waals surface area (Å²) in [7, 11) is 0. The van der Waals surface area contributed by atoms with Crippen molar-refractivity contribution >= 4 is 23.1 Å². The van der Waals surface area contributed by atoms with E-state index in [1.54, 1.807) is 13.0 Å². The van der Waals surface area contributed by atoms with E-state index in [2.05, 4.69) is 4.98 Å². The number of ketones is 1. The molecule has 6 heteroatoms. The normalized spacial score (nSPS) is 10.6. The Morgan fingerprint density at radius 1 is 1.24 bits per heavy atom. The predicted molar refractivity (Wildman–Crippen MR) is 78.4 cm³/mol. The molecule has 0 aromatic carbocycles. The zero-order valence-corrected chi connectivity index (χ0v) is 13.1. The average Bonchev–Trinajstić information content (AvgIpc) is 3.00. The van der Waals surface area contributed by atoms with Gasteiger partial charge in [-0.3, -0.25) is 9.59 Å². The van der Waals surface area contributed by atoms with Crippen LogP contribution in [0.1, 0.15) is 44.7 Å². The summed E-state index contributed by atoms with van der Waals surface area (Å²) in [5, 5.41) is 0. The highest BCUT2D eigenvalue weighted by Crippen LogP contribution is 2.17. The molecule has 0 unspecified atom stereocenters. The molecule has 0 aliphatic heterocycles. The third-order valence-electron chi connectivity index (χ3n) is 3.00. The number of oxazole rings is 1. The van der Waals surface area contributed by atoms with Crippen LogP contribution in [0.5, 0.6) is 0 Å². The molecule has 2 heterocycles. The van der Waals surface area contributed by atoms with Crippen LogP contribution in [0.25, 0.3) is 0 Å². The van der Waals surface area contributed by atoms with Gasteiger partial charge in [0.2, 0.25) is 5.89 Å². The van der Waals surface area contributed by atoms with Crippen LogP contribution in [-0.2, 0) is 16.1 Å². The van der Waals surface area contributed by atoms with Crippen LogP contribution in [0.15, 0.2) is 16.5 Å². The van der Waals surface area contributed by atoms with Gasteiger partial charge in [0.1, 0.15) is 5.76 Å². The summed E-state index contributed by atoms with van der Waals surface area (Å²) in [6.45, 7) is 5.57. The summed E-state index contributed by atoms with van der Waals surface area (Å²) in [5.41, 5.74) is 0.782. The van der Waals surface area contributed by atoms with Crippen molar-refractivity contribution in [3.05, 3.63) is 39.2 Å². The van der Waals surface area contributed by atoms with Gasteiger partial charge in [0.15, 0.2) is 12.4 Å². The zero-order valence-electron chi connectivity index (χ0n) is 12.3. The molecule has 2 rings (SSSR count). The summed E-state index contributed by atoms with van der Waals surface area (Å²) in [6.07, 6.45) is 0.219. The topological polar surface area (TPSA) is 69.4 Å². The molecule has 0 radical (unpaired) electrons. The second-order valence-electron chi connectivity index (χ2n) is 4.74. The van der Waals surface area contributed by atoms with Crippen LogP contribution in [-0.4, -0.2) is 16.7 Å². The van der Waals surface area contributed by atoms with Crippen molar-refractivity contribution < 1.29 is 18.7 Å². The van der Waals surface area contributed by atoms with Gasteiger partial charge in [0, 0.05) is 11.3 Å². The number of rotatable bonds is 6. The average molecular weight is 307 g/mol. The number of ether oxygens (including phenoxy) is 1. The van der Waals surface area contributed by atoms with E-state index in [1.165, 1.54) is 11.3 Å². The molecule has 0 aliphatic rings. The van der Waals surface area contributed by atoms with Gasteiger partial charge in [0.05, 0.1) is 17.0 Å². The Bertz CT molecular complexity index is 637. The Morgan fingerprint density at radius 3 is 2.57 bits per heavy atom. The van der Waals surface area contributed by atoms with Crippen LogP contribution in [0.4, 0.5) is 0 Å². The Hall–Kier alpha value is -1.95. The first-order valence-electron chi connectivity index (χ1n) is 6.64. The van der Waals surface area contributed by atoms with Gasteiger partial charge in [0.25, 0.3) is 0 Å². The monoisotopic (exact) mass is 307 g/mol. The van der Waals surface area contributed by atoms with Gasteiger partial charge < -0.3 is 9.15 Å². The number of hydrogen-bond acceptors (Lipinski definition) is 6. The molecule has 0 N–H and O–H groups in total. The number of thiophene rings is 1. The van der Waals surface area contributed by atoms with Crippen molar-refractivity contribution in [2.75, 3.05) is 0 Å². The minimum absolute atomic E-state index is 0.000185. The fraction of sp³-hybridized carbons (Fsp3) is 0.400. The molecule has 0 saturated carbocycles. The lowest BCUT2D eigenvalue weighted by Crippen LogP contribution is -2.07. The fourth-order valence-corrected chi connectivity index (χ4v) is 2.57. The van der Waals surface area contributed by atoms with Crippen LogP contribution < -0.4 is 0 Å². The number of aromatic nitrogens is 1. The van der Waals surface area contributed by atoms with Gasteiger partial charge in [-0.25, -0.2) is 4.98 Å². The van der Waals surface area contributed by atoms with Gasteiger partial charge in [-0.15, -0.1) is 11.3 Å². The molecule has 0 amide bonds. The Morgan fingerprint density at radius 2 is 2.00 bits per heavy atom. The maximum absolute atomic E-state index is 11.9. The Kier molecular flexibility index (Phi) is 4.90. The second-order valence-corrected chi connectivity index (χ2v) is 6.03. The highest BCUT2D eigenvalue weighted by molar-refractivity contribution is 7.14. The molecular formula is C15H17NO4S. The number of hydrogen-bond donors (Lipinski definition) is 0. The number of carbonyl (C=O) groups is 2. The van der Waals surface area contributed by atoms with Crippen molar-refractivity contribution in [2.24, 2.45) is 0 Å². The van der Waals surface area contributed by atoms with E-state index in [1.807, 2.05) is 19.9 Å². The molecule has 5 nitrogen and oxygen atoms in total. The van der Waals surface area contributed by atoms with Gasteiger partial charge in [-0.2, -0.15) is 0 Å². The summed E-state index contributed by atoms with van der Waals surface area (Å²) < 4.78 is 10.4. The van der Waals surface area contributed by atoms with Crippen molar-refractivity contribution in [2.45, 2.75) is 40.2 Å². The number of esters is 1. The molecule has 0 atom stereocenters. The summed E-state index contributed by atoms with van der Waals surface area (Å²) >= 11 is 1.44. The number of Topliss-reactive ketones (excluding diaryl/α,β-unsaturated/α-hetero) is 1. The lowest BCUT2D eigenvalue weighted by molar-refractivity contribution is -0.145. The second kappa shape index (κ2) is 6.67. The number of carbonyl (C=O) groups excluding carboxylic acids is 2. The zero-order chi connectivity index (χ0) is 15.4. The maximum Gasteiger partial charge on any atom is 0.306 e. The van der Waals surface area contributed by atoms with Crippen molar-refractivity contribution in [3.8, 4) is 0 Å². The minimum atomic E-state index is -0.426. The highest BCUT2D eigenvalue weighted by atomic mass is 32.1. The first-order chi connectivity index (χ1) is 9.95. The number of aryl methyl sites for hydroxylation is 3. The molecule has 0 saturated heterocycles. The fourth-order valence-electron chi connectivity index (χ4n) is 1.74. The number of nitrogens with zero attached hydrogens (tertiary/aromatic N) is 1. The van der Waals surface area contributed by atoms with Crippen LogP contribution >= 0.6 is 11.3 Å². The SMILES string of the molecule is Cc1ccc(C(=O)CCC(=O)OCc2nc(C)c(C)o2)s1. The first kappa shape index (κ1) is 15.4. The molecule has 0 spiro atoms. The molecule has 21 heavy (non-hydrogen) atoms. The van der Waals surface area contributed by atoms with Crippen molar-refractivity contribution in [1.29, 1.82) is 0 Å². The molecule has 0 aliphatic carbocycles. The third-order valence-corrected chi connectivity index (χ3v) is 4.04. The lowest BCUT2D eigenvalue weighted by atomic mass is 10.2. The molecule has 0 fully saturated rings. The lowest BCUT2D eigenvalue weighted by Gasteiger charge is -2.01.